The predicted octanol–water partition coefficient (Wildman–Crippen LogP) is 1.82. The first-order valence-corrected chi connectivity index (χ1v) is 9.11. The number of rotatable bonds is 5. The predicted molar refractivity (Wildman–Crippen MR) is 86.8 cm³/mol. The standard InChI is InChI=1S/C14H14FN3O3S2/c1-9-2-5-13(22-9)23(20,21)16-6-7-18-12-4-3-10(15)8-11(12)17-14(18)19/h2-5,8,16H,6-7H2,1H3,(H,17,19). The minimum atomic E-state index is -3.58. The Labute approximate surface area is 135 Å². The molecule has 2 N–H and O–H groups in total. The number of sulfonamides is 1. The van der Waals surface area contributed by atoms with E-state index in [-0.39, 0.29) is 17.3 Å². The maximum atomic E-state index is 13.2. The molecule has 0 saturated heterocycles. The van der Waals surface area contributed by atoms with Crippen LogP contribution in [0.4, 0.5) is 4.39 Å². The Morgan fingerprint density at radius 1 is 1.30 bits per heavy atom. The Kier molecular flexibility index (Phi) is 4.09. The van der Waals surface area contributed by atoms with E-state index in [2.05, 4.69) is 9.71 Å². The van der Waals surface area contributed by atoms with Crippen LogP contribution in [0, 0.1) is 12.7 Å². The van der Waals surface area contributed by atoms with E-state index in [1.165, 1.54) is 34.1 Å². The Bertz CT molecular complexity index is 1020. The maximum Gasteiger partial charge on any atom is 0.326 e. The SMILES string of the molecule is Cc1ccc(S(=O)(=O)NCCn2c(=O)[nH]c3cc(F)ccc32)s1. The highest BCUT2D eigenvalue weighted by Crippen LogP contribution is 2.20. The molecule has 0 bridgehead atoms. The molecular weight excluding hydrogens is 341 g/mol. The van der Waals surface area contributed by atoms with E-state index in [1.54, 1.807) is 12.1 Å². The van der Waals surface area contributed by atoms with Gasteiger partial charge in [-0.15, -0.1) is 11.3 Å². The van der Waals surface area contributed by atoms with Gasteiger partial charge in [-0.2, -0.15) is 0 Å². The second-order valence-electron chi connectivity index (χ2n) is 5.01. The fourth-order valence-corrected chi connectivity index (χ4v) is 4.63. The summed E-state index contributed by atoms with van der Waals surface area (Å²) in [4.78, 5) is 15.3. The Morgan fingerprint density at radius 3 is 2.78 bits per heavy atom. The smallest absolute Gasteiger partial charge is 0.305 e. The van der Waals surface area contributed by atoms with Crippen molar-refractivity contribution in [1.29, 1.82) is 0 Å². The molecule has 0 spiro atoms. The van der Waals surface area contributed by atoms with Crippen molar-refractivity contribution >= 4 is 32.4 Å². The van der Waals surface area contributed by atoms with Crippen molar-refractivity contribution in [2.45, 2.75) is 17.7 Å². The van der Waals surface area contributed by atoms with Gasteiger partial charge in [-0.1, -0.05) is 0 Å². The number of aryl methyl sites for hydroxylation is 1. The largest absolute Gasteiger partial charge is 0.326 e. The third-order valence-corrected chi connectivity index (χ3v) is 6.30. The number of nitrogens with one attached hydrogen (secondary N) is 2. The van der Waals surface area contributed by atoms with E-state index < -0.39 is 21.5 Å². The van der Waals surface area contributed by atoms with Crippen LogP contribution in [0.15, 0.2) is 39.3 Å². The van der Waals surface area contributed by atoms with Gasteiger partial charge in [0.2, 0.25) is 10.0 Å². The fraction of sp³-hybridized carbons (Fsp3) is 0.214. The van der Waals surface area contributed by atoms with E-state index in [4.69, 9.17) is 0 Å². The highest BCUT2D eigenvalue weighted by Gasteiger charge is 2.16. The lowest BCUT2D eigenvalue weighted by atomic mass is 10.3. The van der Waals surface area contributed by atoms with Crippen molar-refractivity contribution in [1.82, 2.24) is 14.3 Å². The molecule has 9 heteroatoms. The van der Waals surface area contributed by atoms with Crippen molar-refractivity contribution in [3.63, 3.8) is 0 Å². The van der Waals surface area contributed by atoms with Gasteiger partial charge < -0.3 is 4.98 Å². The van der Waals surface area contributed by atoms with Gasteiger partial charge in [-0.25, -0.2) is 22.3 Å². The molecule has 0 fully saturated rings. The number of imidazole rings is 1. The molecule has 0 saturated carbocycles. The van der Waals surface area contributed by atoms with Gasteiger partial charge in [0.15, 0.2) is 0 Å². The lowest BCUT2D eigenvalue weighted by Crippen LogP contribution is -2.29. The fourth-order valence-electron chi connectivity index (χ4n) is 2.28. The summed E-state index contributed by atoms with van der Waals surface area (Å²) >= 11 is 1.18. The second-order valence-corrected chi connectivity index (χ2v) is 8.29. The number of benzene rings is 1. The second kappa shape index (κ2) is 5.91. The summed E-state index contributed by atoms with van der Waals surface area (Å²) in [5.74, 6) is -0.445. The van der Waals surface area contributed by atoms with E-state index in [9.17, 15) is 17.6 Å². The Balaban J connectivity index is 1.77. The van der Waals surface area contributed by atoms with Gasteiger partial charge >= 0.3 is 5.69 Å². The summed E-state index contributed by atoms with van der Waals surface area (Å²) in [7, 11) is -3.58. The number of aromatic amines is 1. The van der Waals surface area contributed by atoms with Gasteiger partial charge in [0, 0.05) is 18.0 Å². The van der Waals surface area contributed by atoms with Crippen molar-refractivity contribution < 1.29 is 12.8 Å². The lowest BCUT2D eigenvalue weighted by Gasteiger charge is -2.06. The molecule has 6 nitrogen and oxygen atoms in total. The molecule has 0 atom stereocenters. The van der Waals surface area contributed by atoms with Crippen LogP contribution in [-0.2, 0) is 16.6 Å². The van der Waals surface area contributed by atoms with Gasteiger partial charge in [-0.3, -0.25) is 4.57 Å². The summed E-state index contributed by atoms with van der Waals surface area (Å²) in [6, 6.07) is 7.25. The molecule has 23 heavy (non-hydrogen) atoms. The number of hydrogen-bond donors (Lipinski definition) is 2. The molecule has 1 aromatic carbocycles. The number of nitrogens with zero attached hydrogens (tertiary/aromatic N) is 1. The topological polar surface area (TPSA) is 84.0 Å². The van der Waals surface area contributed by atoms with Gasteiger partial charge in [0.1, 0.15) is 10.0 Å². The van der Waals surface area contributed by atoms with E-state index >= 15 is 0 Å². The first-order valence-electron chi connectivity index (χ1n) is 6.81. The number of fused-ring (bicyclic) bond motifs is 1. The molecule has 0 unspecified atom stereocenters. The number of thiophene rings is 1. The first-order chi connectivity index (χ1) is 10.9. The quantitative estimate of drug-likeness (QED) is 0.732. The monoisotopic (exact) mass is 355 g/mol. The molecule has 0 aliphatic heterocycles. The first kappa shape index (κ1) is 15.9. The Hall–Kier alpha value is -1.97. The van der Waals surface area contributed by atoms with Crippen LogP contribution >= 0.6 is 11.3 Å². The summed E-state index contributed by atoms with van der Waals surface area (Å²) in [6.45, 7) is 2.03. The average Bonchev–Trinajstić information content (AvgIpc) is 3.03. The molecule has 3 rings (SSSR count). The van der Waals surface area contributed by atoms with Crippen LogP contribution in [0.1, 0.15) is 4.88 Å². The number of hydrogen-bond acceptors (Lipinski definition) is 4. The highest BCUT2D eigenvalue weighted by molar-refractivity contribution is 7.91. The van der Waals surface area contributed by atoms with Crippen LogP contribution in [0.25, 0.3) is 11.0 Å². The molecule has 0 radical (unpaired) electrons. The zero-order chi connectivity index (χ0) is 16.6. The molecule has 0 amide bonds. The molecule has 2 heterocycles. The van der Waals surface area contributed by atoms with Gasteiger partial charge in [-0.05, 0) is 37.3 Å². The summed E-state index contributed by atoms with van der Waals surface area (Å²) < 4.78 is 41.5. The van der Waals surface area contributed by atoms with Crippen molar-refractivity contribution in [3.05, 3.63) is 51.5 Å². The summed E-state index contributed by atoms with van der Waals surface area (Å²) in [5, 5.41) is 0. The number of aromatic nitrogens is 2. The highest BCUT2D eigenvalue weighted by atomic mass is 32.2. The summed E-state index contributed by atoms with van der Waals surface area (Å²) in [6.07, 6.45) is 0. The zero-order valence-corrected chi connectivity index (χ0v) is 13.8. The Morgan fingerprint density at radius 2 is 2.09 bits per heavy atom. The molecule has 3 aromatic rings. The van der Waals surface area contributed by atoms with Gasteiger partial charge in [0.05, 0.1) is 11.0 Å². The minimum Gasteiger partial charge on any atom is -0.305 e. The van der Waals surface area contributed by atoms with Crippen molar-refractivity contribution in [3.8, 4) is 0 Å². The van der Waals surface area contributed by atoms with E-state index in [0.717, 1.165) is 4.88 Å². The van der Waals surface area contributed by atoms with Gasteiger partial charge in [0.25, 0.3) is 0 Å². The van der Waals surface area contributed by atoms with Crippen LogP contribution in [-0.4, -0.2) is 24.5 Å². The molecule has 122 valence electrons. The maximum absolute atomic E-state index is 13.2. The van der Waals surface area contributed by atoms with Crippen LogP contribution in [0.3, 0.4) is 0 Å². The lowest BCUT2D eigenvalue weighted by molar-refractivity contribution is 0.574. The van der Waals surface area contributed by atoms with Crippen molar-refractivity contribution in [2.75, 3.05) is 6.54 Å². The molecule has 0 aliphatic carbocycles. The average molecular weight is 355 g/mol. The van der Waals surface area contributed by atoms with E-state index in [0.29, 0.717) is 11.0 Å². The van der Waals surface area contributed by atoms with Crippen LogP contribution < -0.4 is 10.4 Å². The minimum absolute atomic E-state index is 0.0590. The molecular formula is C14H14FN3O3S2. The molecule has 0 aliphatic rings. The third kappa shape index (κ3) is 3.21. The van der Waals surface area contributed by atoms with E-state index in [1.807, 2.05) is 6.92 Å². The number of H-pyrrole nitrogens is 1. The third-order valence-electron chi connectivity index (χ3n) is 3.34. The molecule has 2 aromatic heterocycles. The normalized spacial score (nSPS) is 12.1. The van der Waals surface area contributed by atoms with Crippen LogP contribution in [0.5, 0.6) is 0 Å². The number of halogens is 1. The van der Waals surface area contributed by atoms with Crippen LogP contribution in [0.2, 0.25) is 0 Å². The van der Waals surface area contributed by atoms with Crippen molar-refractivity contribution in [2.24, 2.45) is 0 Å². The zero-order valence-electron chi connectivity index (χ0n) is 12.2. The summed E-state index contributed by atoms with van der Waals surface area (Å²) in [5.41, 5.74) is 0.506.